The molecule has 1 aromatic heterocycles. The van der Waals surface area contributed by atoms with Gasteiger partial charge < -0.3 is 0 Å². The number of nitrogens with one attached hydrogen (secondary N) is 1. The summed E-state index contributed by atoms with van der Waals surface area (Å²) in [7, 11) is 4.05. The molecule has 0 fully saturated rings. The zero-order valence-electron chi connectivity index (χ0n) is 10.2. The summed E-state index contributed by atoms with van der Waals surface area (Å²) in [5.74, 6) is 0. The maximum atomic E-state index is 3.20. The van der Waals surface area contributed by atoms with Crippen molar-refractivity contribution in [1.29, 1.82) is 0 Å². The van der Waals surface area contributed by atoms with E-state index in [-0.39, 0.29) is 0 Å². The second-order valence-corrected chi connectivity index (χ2v) is 4.91. The molecule has 3 heteroatoms. The molecule has 1 aromatic carbocycles. The normalized spacial score (nSPS) is 10.5. The fourth-order valence-electron chi connectivity index (χ4n) is 1.95. The van der Waals surface area contributed by atoms with E-state index in [1.807, 2.05) is 7.05 Å². The minimum absolute atomic E-state index is 1.18. The third-order valence-electron chi connectivity index (χ3n) is 2.82. The van der Waals surface area contributed by atoms with E-state index in [2.05, 4.69) is 54.4 Å². The predicted molar refractivity (Wildman–Crippen MR) is 70.0 cm³/mol. The molecule has 0 atom stereocenters. The summed E-state index contributed by atoms with van der Waals surface area (Å²) in [5, 5.41) is 6.57. The Balaban J connectivity index is 2.54. The second-order valence-electron chi connectivity index (χ2n) is 4.05. The van der Waals surface area contributed by atoms with Crippen molar-refractivity contribution < 1.29 is 4.57 Å². The van der Waals surface area contributed by atoms with Gasteiger partial charge in [0.15, 0.2) is 0 Å². The average Bonchev–Trinajstić information content (AvgIpc) is 2.60. The van der Waals surface area contributed by atoms with Crippen molar-refractivity contribution in [3.63, 3.8) is 0 Å². The SMILES string of the molecule is CNc1scc(-c2ccc(C)cc2C)[n+]1C. The van der Waals surface area contributed by atoms with Gasteiger partial charge in [0.25, 0.3) is 0 Å². The van der Waals surface area contributed by atoms with Gasteiger partial charge in [0.1, 0.15) is 5.69 Å². The molecule has 2 aromatic rings. The summed E-state index contributed by atoms with van der Waals surface area (Å²) in [6.07, 6.45) is 0. The first-order chi connectivity index (χ1) is 7.63. The highest BCUT2D eigenvalue weighted by atomic mass is 32.1. The Labute approximate surface area is 101 Å². The number of benzene rings is 1. The van der Waals surface area contributed by atoms with Crippen LogP contribution in [0.25, 0.3) is 11.3 Å². The van der Waals surface area contributed by atoms with Crippen LogP contribution < -0.4 is 9.88 Å². The second kappa shape index (κ2) is 4.26. The number of aromatic nitrogens is 1. The number of hydrogen-bond acceptors (Lipinski definition) is 2. The van der Waals surface area contributed by atoms with Gasteiger partial charge in [-0.05, 0) is 19.4 Å². The monoisotopic (exact) mass is 233 g/mol. The predicted octanol–water partition coefficient (Wildman–Crippen LogP) is 2.90. The Hall–Kier alpha value is -1.35. The lowest BCUT2D eigenvalue weighted by Crippen LogP contribution is -2.31. The van der Waals surface area contributed by atoms with Crippen LogP contribution in [0.15, 0.2) is 23.6 Å². The minimum atomic E-state index is 1.18. The molecule has 0 unspecified atom stereocenters. The maximum Gasteiger partial charge on any atom is 0.333 e. The molecule has 84 valence electrons. The molecule has 0 radical (unpaired) electrons. The van der Waals surface area contributed by atoms with E-state index in [9.17, 15) is 0 Å². The number of nitrogens with zero attached hydrogens (tertiary/aromatic N) is 1. The maximum absolute atomic E-state index is 3.20. The lowest BCUT2D eigenvalue weighted by Gasteiger charge is -2.04. The number of aryl methyl sites for hydroxylation is 2. The smallest absolute Gasteiger partial charge is 0.268 e. The first-order valence-corrected chi connectivity index (χ1v) is 6.24. The molecular weight excluding hydrogens is 216 g/mol. The third kappa shape index (κ3) is 1.83. The first-order valence-electron chi connectivity index (χ1n) is 5.36. The molecule has 16 heavy (non-hydrogen) atoms. The van der Waals surface area contributed by atoms with Crippen LogP contribution in [0.3, 0.4) is 0 Å². The number of rotatable bonds is 2. The van der Waals surface area contributed by atoms with E-state index in [0.29, 0.717) is 0 Å². The third-order valence-corrected chi connectivity index (χ3v) is 3.86. The Kier molecular flexibility index (Phi) is 2.97. The van der Waals surface area contributed by atoms with Crippen molar-refractivity contribution in [3.05, 3.63) is 34.7 Å². The molecule has 0 aliphatic rings. The fourth-order valence-corrected chi connectivity index (χ4v) is 2.83. The average molecular weight is 233 g/mol. The van der Waals surface area contributed by atoms with Crippen LogP contribution in [0.2, 0.25) is 0 Å². The largest absolute Gasteiger partial charge is 0.333 e. The highest BCUT2D eigenvalue weighted by Gasteiger charge is 2.15. The van der Waals surface area contributed by atoms with E-state index in [0.717, 1.165) is 0 Å². The van der Waals surface area contributed by atoms with Crippen LogP contribution in [0.5, 0.6) is 0 Å². The molecule has 0 saturated heterocycles. The molecule has 0 bridgehead atoms. The molecule has 0 aliphatic heterocycles. The zero-order valence-corrected chi connectivity index (χ0v) is 11.0. The molecule has 1 N–H and O–H groups in total. The Bertz CT molecular complexity index is 515. The minimum Gasteiger partial charge on any atom is -0.268 e. The number of thiazole rings is 1. The topological polar surface area (TPSA) is 15.9 Å². The highest BCUT2D eigenvalue weighted by molar-refractivity contribution is 7.13. The standard InChI is InChI=1S/C13H16N2S/c1-9-5-6-11(10(2)7-9)12-8-16-13(14-3)15(12)4/h5-8H,1-4H3/p+1. The molecule has 2 rings (SSSR count). The zero-order chi connectivity index (χ0) is 11.7. The molecule has 0 spiro atoms. The molecule has 0 aliphatic carbocycles. The summed E-state index contributed by atoms with van der Waals surface area (Å²) >= 11 is 1.74. The van der Waals surface area contributed by atoms with Gasteiger partial charge in [0.05, 0.1) is 14.1 Å². The first kappa shape index (κ1) is 11.1. The van der Waals surface area contributed by atoms with E-state index < -0.39 is 0 Å². The van der Waals surface area contributed by atoms with Gasteiger partial charge in [-0.2, -0.15) is 0 Å². The van der Waals surface area contributed by atoms with Crippen LogP contribution in [0.1, 0.15) is 11.1 Å². The number of anilines is 1. The molecule has 1 heterocycles. The van der Waals surface area contributed by atoms with Gasteiger partial charge in [-0.25, -0.2) is 4.57 Å². The van der Waals surface area contributed by atoms with Crippen LogP contribution in [0.4, 0.5) is 5.13 Å². The Morgan fingerprint density at radius 2 is 2.00 bits per heavy atom. The van der Waals surface area contributed by atoms with Gasteiger partial charge in [-0.15, -0.1) is 0 Å². The van der Waals surface area contributed by atoms with E-state index in [4.69, 9.17) is 0 Å². The fraction of sp³-hybridized carbons (Fsp3) is 0.308. The molecule has 2 nitrogen and oxygen atoms in total. The van der Waals surface area contributed by atoms with Crippen molar-refractivity contribution in [2.75, 3.05) is 12.4 Å². The van der Waals surface area contributed by atoms with Crippen molar-refractivity contribution in [1.82, 2.24) is 0 Å². The van der Waals surface area contributed by atoms with Crippen molar-refractivity contribution in [2.24, 2.45) is 7.05 Å². The highest BCUT2D eigenvalue weighted by Crippen LogP contribution is 2.25. The molecular formula is C13H17N2S+. The Morgan fingerprint density at radius 1 is 1.25 bits per heavy atom. The lowest BCUT2D eigenvalue weighted by atomic mass is 10.0. The van der Waals surface area contributed by atoms with Crippen LogP contribution in [-0.4, -0.2) is 7.05 Å². The van der Waals surface area contributed by atoms with Gasteiger partial charge in [0.2, 0.25) is 0 Å². The summed E-state index contributed by atoms with van der Waals surface area (Å²) < 4.78 is 2.20. The summed E-state index contributed by atoms with van der Waals surface area (Å²) in [4.78, 5) is 0. The van der Waals surface area contributed by atoms with E-state index >= 15 is 0 Å². The van der Waals surface area contributed by atoms with E-state index in [1.165, 1.54) is 27.5 Å². The lowest BCUT2D eigenvalue weighted by molar-refractivity contribution is -0.641. The molecule has 0 amide bonds. The summed E-state index contributed by atoms with van der Waals surface area (Å²) in [6, 6.07) is 6.59. The van der Waals surface area contributed by atoms with Gasteiger partial charge in [-0.1, -0.05) is 35.1 Å². The molecule has 0 saturated carbocycles. The van der Waals surface area contributed by atoms with Gasteiger partial charge >= 0.3 is 5.13 Å². The Morgan fingerprint density at radius 3 is 2.56 bits per heavy atom. The summed E-state index contributed by atoms with van der Waals surface area (Å²) in [5.41, 5.74) is 5.22. The van der Waals surface area contributed by atoms with Crippen molar-refractivity contribution in [2.45, 2.75) is 13.8 Å². The van der Waals surface area contributed by atoms with Crippen molar-refractivity contribution >= 4 is 16.5 Å². The van der Waals surface area contributed by atoms with Crippen LogP contribution >= 0.6 is 11.3 Å². The summed E-state index contributed by atoms with van der Waals surface area (Å²) in [6.45, 7) is 4.29. The van der Waals surface area contributed by atoms with Crippen LogP contribution in [0, 0.1) is 13.8 Å². The van der Waals surface area contributed by atoms with Gasteiger partial charge in [-0.3, -0.25) is 5.32 Å². The quantitative estimate of drug-likeness (QED) is 0.789. The number of hydrogen-bond donors (Lipinski definition) is 1. The van der Waals surface area contributed by atoms with E-state index in [1.54, 1.807) is 11.3 Å². The van der Waals surface area contributed by atoms with Crippen molar-refractivity contribution in [3.8, 4) is 11.3 Å². The van der Waals surface area contributed by atoms with Gasteiger partial charge in [0, 0.05) is 10.9 Å². The van der Waals surface area contributed by atoms with Crippen LogP contribution in [-0.2, 0) is 7.05 Å².